The minimum atomic E-state index is -0.0364. The molecule has 2 aromatic heterocycles. The van der Waals surface area contributed by atoms with Crippen LogP contribution in [0.5, 0.6) is 5.88 Å². The van der Waals surface area contributed by atoms with Gasteiger partial charge < -0.3 is 10.5 Å². The first kappa shape index (κ1) is 14.1. The van der Waals surface area contributed by atoms with E-state index in [1.54, 1.807) is 10.9 Å². The van der Waals surface area contributed by atoms with Gasteiger partial charge in [-0.05, 0) is 19.4 Å². The lowest BCUT2D eigenvalue weighted by Gasteiger charge is -2.09. The fourth-order valence-electron chi connectivity index (χ4n) is 2.06. The maximum atomic E-state index is 8.82. The van der Waals surface area contributed by atoms with Gasteiger partial charge in [0, 0.05) is 6.20 Å². The van der Waals surface area contributed by atoms with Gasteiger partial charge in [0.1, 0.15) is 5.39 Å². The van der Waals surface area contributed by atoms with Crippen molar-refractivity contribution in [1.29, 1.82) is 5.26 Å². The first-order chi connectivity index (χ1) is 9.69. The van der Waals surface area contributed by atoms with Crippen LogP contribution in [-0.2, 0) is 0 Å². The van der Waals surface area contributed by atoms with E-state index in [1.807, 2.05) is 13.0 Å². The highest BCUT2D eigenvalue weighted by Crippen LogP contribution is 2.30. The Morgan fingerprint density at radius 2 is 2.35 bits per heavy atom. The number of rotatable bonds is 6. The van der Waals surface area contributed by atoms with E-state index in [-0.39, 0.29) is 6.04 Å². The van der Waals surface area contributed by atoms with Crippen molar-refractivity contribution in [1.82, 2.24) is 14.8 Å². The number of nitrogen functional groups attached to an aromatic ring is 1. The summed E-state index contributed by atoms with van der Waals surface area (Å²) < 4.78 is 7.45. The molecule has 0 radical (unpaired) electrons. The highest BCUT2D eigenvalue weighted by atomic mass is 16.5. The summed E-state index contributed by atoms with van der Waals surface area (Å²) in [6, 6.07) is 3.96. The van der Waals surface area contributed by atoms with Gasteiger partial charge in [-0.25, -0.2) is 4.98 Å². The van der Waals surface area contributed by atoms with Crippen LogP contribution in [0.2, 0.25) is 0 Å². The van der Waals surface area contributed by atoms with E-state index >= 15 is 0 Å². The Morgan fingerprint density at radius 1 is 1.55 bits per heavy atom. The van der Waals surface area contributed by atoms with E-state index in [1.165, 1.54) is 0 Å². The molecule has 0 aliphatic carbocycles. The third kappa shape index (κ3) is 2.67. The zero-order valence-corrected chi connectivity index (χ0v) is 11.8. The molecule has 2 heterocycles. The second-order valence-electron chi connectivity index (χ2n) is 4.75. The highest BCUT2D eigenvalue weighted by Gasteiger charge is 2.17. The van der Waals surface area contributed by atoms with Crippen molar-refractivity contribution in [3.05, 3.63) is 12.3 Å². The molecule has 6 heteroatoms. The summed E-state index contributed by atoms with van der Waals surface area (Å²) in [4.78, 5) is 4.24. The highest BCUT2D eigenvalue weighted by molar-refractivity contribution is 5.93. The first-order valence-electron chi connectivity index (χ1n) is 6.81. The van der Waals surface area contributed by atoms with E-state index in [0.717, 1.165) is 23.7 Å². The molecule has 0 amide bonds. The Bertz CT molecular complexity index is 628. The van der Waals surface area contributed by atoms with E-state index in [4.69, 9.17) is 15.7 Å². The number of fused-ring (bicyclic) bond motifs is 1. The molecule has 2 rings (SSSR count). The van der Waals surface area contributed by atoms with Crippen molar-refractivity contribution in [3.8, 4) is 11.9 Å². The summed E-state index contributed by atoms with van der Waals surface area (Å²) in [5, 5.41) is 13.9. The molecular weight excluding hydrogens is 254 g/mol. The van der Waals surface area contributed by atoms with Crippen LogP contribution in [0.3, 0.4) is 0 Å². The number of aromatic nitrogens is 3. The van der Waals surface area contributed by atoms with Gasteiger partial charge in [-0.1, -0.05) is 13.3 Å². The molecule has 0 spiro atoms. The van der Waals surface area contributed by atoms with Crippen molar-refractivity contribution >= 4 is 16.7 Å². The molecular formula is C14H19N5O. The fourth-order valence-corrected chi connectivity index (χ4v) is 2.06. The molecule has 0 fully saturated rings. The van der Waals surface area contributed by atoms with Crippen molar-refractivity contribution in [2.75, 3.05) is 12.3 Å². The Hall–Kier alpha value is -2.29. The molecule has 0 bridgehead atoms. The molecule has 0 saturated heterocycles. The van der Waals surface area contributed by atoms with Crippen molar-refractivity contribution in [3.63, 3.8) is 0 Å². The van der Waals surface area contributed by atoms with Gasteiger partial charge >= 0.3 is 0 Å². The van der Waals surface area contributed by atoms with Crippen LogP contribution >= 0.6 is 0 Å². The van der Waals surface area contributed by atoms with Crippen molar-refractivity contribution in [2.24, 2.45) is 0 Å². The number of unbranched alkanes of at least 4 members (excludes halogenated alkanes) is 1. The fraction of sp³-hybridized carbons (Fsp3) is 0.500. The summed E-state index contributed by atoms with van der Waals surface area (Å²) in [5.41, 5.74) is 6.83. The average Bonchev–Trinajstić information content (AvgIpc) is 2.78. The number of pyridine rings is 1. The van der Waals surface area contributed by atoms with Gasteiger partial charge in [0.15, 0.2) is 5.82 Å². The smallest absolute Gasteiger partial charge is 0.226 e. The van der Waals surface area contributed by atoms with Gasteiger partial charge in [-0.2, -0.15) is 10.4 Å². The minimum absolute atomic E-state index is 0.0364. The number of ether oxygens (including phenoxy) is 1. The average molecular weight is 273 g/mol. The lowest BCUT2D eigenvalue weighted by atomic mass is 10.2. The second kappa shape index (κ2) is 6.24. The molecule has 2 N–H and O–H groups in total. The summed E-state index contributed by atoms with van der Waals surface area (Å²) >= 11 is 0. The van der Waals surface area contributed by atoms with Crippen LogP contribution in [-0.4, -0.2) is 21.4 Å². The molecule has 0 aromatic carbocycles. The van der Waals surface area contributed by atoms with E-state index in [9.17, 15) is 0 Å². The number of nitrogens with two attached hydrogens (primary N) is 1. The SMILES string of the molecule is CCCCOc1nccc2c1c(N)nn2C(C)CC#N. The predicted octanol–water partition coefficient (Wildman–Crippen LogP) is 2.67. The topological polar surface area (TPSA) is 89.8 Å². The Labute approximate surface area is 118 Å². The van der Waals surface area contributed by atoms with E-state index < -0.39 is 0 Å². The molecule has 2 aromatic rings. The lowest BCUT2D eigenvalue weighted by molar-refractivity contribution is 0.302. The zero-order valence-electron chi connectivity index (χ0n) is 11.8. The number of hydrogen-bond acceptors (Lipinski definition) is 5. The molecule has 20 heavy (non-hydrogen) atoms. The number of nitriles is 1. The lowest BCUT2D eigenvalue weighted by Crippen LogP contribution is -2.06. The minimum Gasteiger partial charge on any atom is -0.477 e. The maximum Gasteiger partial charge on any atom is 0.226 e. The quantitative estimate of drug-likeness (QED) is 0.817. The third-order valence-corrected chi connectivity index (χ3v) is 3.15. The number of nitrogens with zero attached hydrogens (tertiary/aromatic N) is 4. The summed E-state index contributed by atoms with van der Waals surface area (Å²) in [5.74, 6) is 0.910. The van der Waals surface area contributed by atoms with Crippen LogP contribution in [0.1, 0.15) is 39.2 Å². The van der Waals surface area contributed by atoms with Crippen LogP contribution in [0.25, 0.3) is 10.9 Å². The standard InChI is InChI=1S/C14H19N5O/c1-3-4-9-20-14-12-11(6-8-17-14)19(18-13(12)16)10(2)5-7-15/h6,8,10H,3-5,9H2,1-2H3,(H2,16,18). The van der Waals surface area contributed by atoms with Crippen molar-refractivity contribution in [2.45, 2.75) is 39.2 Å². The normalized spacial score (nSPS) is 12.2. The van der Waals surface area contributed by atoms with Gasteiger partial charge in [0.05, 0.1) is 30.7 Å². The number of hydrogen-bond donors (Lipinski definition) is 1. The van der Waals surface area contributed by atoms with E-state index in [2.05, 4.69) is 23.1 Å². The molecule has 0 aliphatic heterocycles. The second-order valence-corrected chi connectivity index (χ2v) is 4.75. The first-order valence-corrected chi connectivity index (χ1v) is 6.81. The molecule has 1 atom stereocenters. The molecule has 6 nitrogen and oxygen atoms in total. The molecule has 0 saturated carbocycles. The van der Waals surface area contributed by atoms with Crippen LogP contribution in [0.4, 0.5) is 5.82 Å². The Morgan fingerprint density at radius 3 is 3.05 bits per heavy atom. The Balaban J connectivity index is 2.40. The van der Waals surface area contributed by atoms with Crippen LogP contribution < -0.4 is 10.5 Å². The van der Waals surface area contributed by atoms with Gasteiger partial charge in [0.2, 0.25) is 5.88 Å². The van der Waals surface area contributed by atoms with Gasteiger partial charge in [0.25, 0.3) is 0 Å². The third-order valence-electron chi connectivity index (χ3n) is 3.15. The molecule has 1 unspecified atom stereocenters. The monoisotopic (exact) mass is 273 g/mol. The molecule has 106 valence electrons. The summed E-state index contributed by atoms with van der Waals surface area (Å²) in [6.07, 6.45) is 4.09. The van der Waals surface area contributed by atoms with Crippen LogP contribution in [0, 0.1) is 11.3 Å². The van der Waals surface area contributed by atoms with Gasteiger partial charge in [-0.15, -0.1) is 0 Å². The number of anilines is 1. The largest absolute Gasteiger partial charge is 0.477 e. The predicted molar refractivity (Wildman–Crippen MR) is 77.3 cm³/mol. The maximum absolute atomic E-state index is 8.82. The van der Waals surface area contributed by atoms with Gasteiger partial charge in [-0.3, -0.25) is 4.68 Å². The molecule has 0 aliphatic rings. The zero-order chi connectivity index (χ0) is 14.5. The summed E-state index contributed by atoms with van der Waals surface area (Å²) in [7, 11) is 0. The van der Waals surface area contributed by atoms with Crippen LogP contribution in [0.15, 0.2) is 12.3 Å². The Kier molecular flexibility index (Phi) is 4.41. The summed E-state index contributed by atoms with van der Waals surface area (Å²) in [6.45, 7) is 4.65. The van der Waals surface area contributed by atoms with E-state index in [0.29, 0.717) is 24.7 Å². The van der Waals surface area contributed by atoms with Crippen molar-refractivity contribution < 1.29 is 4.74 Å².